The lowest BCUT2D eigenvalue weighted by Gasteiger charge is -2.24. The molecule has 0 N–H and O–H groups in total. The fourth-order valence-electron chi connectivity index (χ4n) is 4.40. The third kappa shape index (κ3) is 3.95. The number of esters is 1. The zero-order valence-electron chi connectivity index (χ0n) is 18.6. The number of hydrogen-bond acceptors (Lipinski definition) is 7. The number of aromatic nitrogens is 1. The Hall–Kier alpha value is -3.39. The van der Waals surface area contributed by atoms with E-state index in [1.54, 1.807) is 24.5 Å². The van der Waals surface area contributed by atoms with Gasteiger partial charge in [0.25, 0.3) is 5.56 Å². The van der Waals surface area contributed by atoms with Crippen molar-refractivity contribution in [1.82, 2.24) is 4.57 Å². The van der Waals surface area contributed by atoms with E-state index in [0.29, 0.717) is 26.4 Å². The van der Waals surface area contributed by atoms with Crippen LogP contribution in [0, 0.1) is 0 Å². The van der Waals surface area contributed by atoms with Crippen LogP contribution in [0.2, 0.25) is 0 Å². The Morgan fingerprint density at radius 1 is 1.21 bits per heavy atom. The average molecular weight is 464 g/mol. The van der Waals surface area contributed by atoms with E-state index >= 15 is 0 Å². The van der Waals surface area contributed by atoms with Gasteiger partial charge in [-0.1, -0.05) is 41.7 Å². The number of benzene rings is 1. The first-order valence-electron chi connectivity index (χ1n) is 11.2. The van der Waals surface area contributed by atoms with E-state index in [-0.39, 0.29) is 12.2 Å². The van der Waals surface area contributed by atoms with Crippen molar-refractivity contribution >= 4 is 29.3 Å². The summed E-state index contributed by atoms with van der Waals surface area (Å²) in [5.41, 5.74) is 1.57. The summed E-state index contributed by atoms with van der Waals surface area (Å²) in [4.78, 5) is 33.8. The Morgan fingerprint density at radius 2 is 1.97 bits per heavy atom. The smallest absolute Gasteiger partial charge is 0.338 e. The summed E-state index contributed by atoms with van der Waals surface area (Å²) in [6, 6.07) is 12.8. The van der Waals surface area contributed by atoms with Crippen LogP contribution in [-0.2, 0) is 9.53 Å². The number of nitrogens with zero attached hydrogens (tertiary/aromatic N) is 3. The first kappa shape index (κ1) is 21.5. The van der Waals surface area contributed by atoms with Gasteiger partial charge in [-0.15, -0.1) is 0 Å². The fourth-order valence-corrected chi connectivity index (χ4v) is 5.43. The molecule has 2 aliphatic heterocycles. The molecular weight excluding hydrogens is 438 g/mol. The molecule has 7 nitrogen and oxygen atoms in total. The summed E-state index contributed by atoms with van der Waals surface area (Å²) in [6.07, 6.45) is 4.08. The molecule has 0 amide bonds. The van der Waals surface area contributed by atoms with Crippen LogP contribution in [0.1, 0.15) is 44.1 Å². The molecule has 1 aromatic carbocycles. The van der Waals surface area contributed by atoms with Gasteiger partial charge < -0.3 is 14.1 Å². The Kier molecular flexibility index (Phi) is 5.76. The first-order valence-corrected chi connectivity index (χ1v) is 12.0. The molecule has 0 bridgehead atoms. The molecule has 4 heterocycles. The van der Waals surface area contributed by atoms with Crippen LogP contribution in [0.5, 0.6) is 0 Å². The van der Waals surface area contributed by atoms with Gasteiger partial charge in [0.2, 0.25) is 0 Å². The van der Waals surface area contributed by atoms with Crippen molar-refractivity contribution in [3.8, 4) is 0 Å². The van der Waals surface area contributed by atoms with Crippen molar-refractivity contribution in [2.45, 2.75) is 32.7 Å². The third-order valence-corrected chi connectivity index (χ3v) is 6.92. The van der Waals surface area contributed by atoms with E-state index < -0.39 is 12.0 Å². The van der Waals surface area contributed by atoms with Crippen molar-refractivity contribution in [3.63, 3.8) is 0 Å². The second kappa shape index (κ2) is 8.86. The fraction of sp³-hybridized carbons (Fsp3) is 0.320. The molecule has 5 rings (SSSR count). The summed E-state index contributed by atoms with van der Waals surface area (Å²) in [6.45, 7) is 5.78. The number of ether oxygens (including phenoxy) is 1. The molecule has 1 atom stereocenters. The third-order valence-electron chi connectivity index (χ3n) is 5.94. The number of anilines is 1. The van der Waals surface area contributed by atoms with Crippen LogP contribution in [0.4, 0.5) is 5.88 Å². The minimum atomic E-state index is -0.597. The van der Waals surface area contributed by atoms with E-state index in [0.717, 1.165) is 37.4 Å². The molecule has 0 radical (unpaired) electrons. The minimum Gasteiger partial charge on any atom is -0.463 e. The Labute approximate surface area is 194 Å². The van der Waals surface area contributed by atoms with Crippen LogP contribution in [0.25, 0.3) is 6.08 Å². The Bertz CT molecular complexity index is 1390. The number of carbonyl (C=O) groups excluding carboxylic acids is 1. The molecule has 1 saturated heterocycles. The summed E-state index contributed by atoms with van der Waals surface area (Å²) in [5.74, 6) is 0.997. The SMILES string of the molecule is CCOC(=O)C1=C(C)N=c2s/c(=C\c3ccc(N4CCCC4)o3)c(=O)n2[C@@H]1c1ccccc1. The van der Waals surface area contributed by atoms with Crippen molar-refractivity contribution in [2.24, 2.45) is 4.99 Å². The van der Waals surface area contributed by atoms with Gasteiger partial charge in [-0.05, 0) is 38.3 Å². The van der Waals surface area contributed by atoms with Gasteiger partial charge in [-0.25, -0.2) is 9.79 Å². The molecule has 170 valence electrons. The molecule has 2 aromatic heterocycles. The Balaban J connectivity index is 1.62. The predicted octanol–water partition coefficient (Wildman–Crippen LogP) is 2.99. The zero-order valence-corrected chi connectivity index (χ0v) is 19.4. The van der Waals surface area contributed by atoms with E-state index in [9.17, 15) is 9.59 Å². The van der Waals surface area contributed by atoms with Crippen molar-refractivity contribution in [3.05, 3.63) is 84.7 Å². The maximum Gasteiger partial charge on any atom is 0.338 e. The lowest BCUT2D eigenvalue weighted by molar-refractivity contribution is -0.139. The van der Waals surface area contributed by atoms with Crippen LogP contribution in [-0.4, -0.2) is 30.2 Å². The van der Waals surface area contributed by atoms with Gasteiger partial charge in [0, 0.05) is 25.2 Å². The van der Waals surface area contributed by atoms with Gasteiger partial charge >= 0.3 is 5.97 Å². The molecule has 2 aliphatic rings. The highest BCUT2D eigenvalue weighted by atomic mass is 32.1. The van der Waals surface area contributed by atoms with Gasteiger partial charge in [-0.3, -0.25) is 9.36 Å². The molecule has 0 unspecified atom stereocenters. The quantitative estimate of drug-likeness (QED) is 0.544. The molecule has 0 saturated carbocycles. The van der Waals surface area contributed by atoms with Crippen molar-refractivity contribution in [2.75, 3.05) is 24.6 Å². The maximum absolute atomic E-state index is 13.6. The van der Waals surface area contributed by atoms with E-state index in [2.05, 4.69) is 9.89 Å². The highest BCUT2D eigenvalue weighted by Crippen LogP contribution is 2.30. The number of furan rings is 1. The van der Waals surface area contributed by atoms with Crippen LogP contribution in [0.3, 0.4) is 0 Å². The molecule has 3 aromatic rings. The number of thiazole rings is 1. The summed E-state index contributed by atoms with van der Waals surface area (Å²) in [7, 11) is 0. The van der Waals surface area contributed by atoms with Crippen LogP contribution >= 0.6 is 11.3 Å². The minimum absolute atomic E-state index is 0.207. The first-order chi connectivity index (χ1) is 16.1. The molecular formula is C25H25N3O4S. The van der Waals surface area contributed by atoms with E-state index in [1.807, 2.05) is 42.5 Å². The predicted molar refractivity (Wildman–Crippen MR) is 127 cm³/mol. The molecule has 0 aliphatic carbocycles. The van der Waals surface area contributed by atoms with Crippen LogP contribution < -0.4 is 19.8 Å². The lowest BCUT2D eigenvalue weighted by atomic mass is 9.96. The average Bonchev–Trinajstić information content (AvgIpc) is 3.55. The zero-order chi connectivity index (χ0) is 22.9. The monoisotopic (exact) mass is 463 g/mol. The number of fused-ring (bicyclic) bond motifs is 1. The highest BCUT2D eigenvalue weighted by molar-refractivity contribution is 7.07. The second-order valence-electron chi connectivity index (χ2n) is 8.08. The number of rotatable bonds is 5. The molecule has 0 spiro atoms. The van der Waals surface area contributed by atoms with Crippen molar-refractivity contribution < 1.29 is 13.9 Å². The van der Waals surface area contributed by atoms with Gasteiger partial charge in [0.15, 0.2) is 10.7 Å². The Morgan fingerprint density at radius 3 is 2.70 bits per heavy atom. The largest absolute Gasteiger partial charge is 0.463 e. The number of hydrogen-bond donors (Lipinski definition) is 0. The summed E-state index contributed by atoms with van der Waals surface area (Å²) in [5, 5.41) is 0. The molecule has 8 heteroatoms. The second-order valence-corrected chi connectivity index (χ2v) is 9.09. The standard InChI is InChI=1S/C25H25N3O4S/c1-3-31-24(30)21-16(2)26-25-28(22(21)17-9-5-4-6-10-17)23(29)19(33-25)15-18-11-12-20(32-18)27-13-7-8-14-27/h4-6,9-12,15,22H,3,7-8,13-14H2,1-2H3/b19-15-/t22-/m1/s1. The number of carbonyl (C=O) groups is 1. The van der Waals surface area contributed by atoms with Gasteiger partial charge in [0.1, 0.15) is 5.76 Å². The van der Waals surface area contributed by atoms with Crippen molar-refractivity contribution in [1.29, 1.82) is 0 Å². The summed E-state index contributed by atoms with van der Waals surface area (Å²) < 4.78 is 13.4. The molecule has 33 heavy (non-hydrogen) atoms. The number of allylic oxidation sites excluding steroid dienone is 1. The maximum atomic E-state index is 13.6. The molecule has 1 fully saturated rings. The summed E-state index contributed by atoms with van der Waals surface area (Å²) >= 11 is 1.30. The highest BCUT2D eigenvalue weighted by Gasteiger charge is 2.33. The van der Waals surface area contributed by atoms with E-state index in [1.165, 1.54) is 11.3 Å². The van der Waals surface area contributed by atoms with E-state index in [4.69, 9.17) is 9.15 Å². The lowest BCUT2D eigenvalue weighted by Crippen LogP contribution is -2.39. The topological polar surface area (TPSA) is 77.0 Å². The normalized spacial score (nSPS) is 18.4. The van der Waals surface area contributed by atoms with Gasteiger partial charge in [0.05, 0.1) is 28.5 Å². The van der Waals surface area contributed by atoms with Gasteiger partial charge in [-0.2, -0.15) is 0 Å². The van der Waals surface area contributed by atoms with Crippen LogP contribution in [0.15, 0.2) is 67.9 Å².